The van der Waals surface area contributed by atoms with E-state index in [1.807, 2.05) is 77.1 Å². The number of rotatable bonds is 11. The van der Waals surface area contributed by atoms with E-state index in [-0.39, 0.29) is 17.3 Å². The van der Waals surface area contributed by atoms with Gasteiger partial charge >= 0.3 is 0 Å². The first-order valence-electron chi connectivity index (χ1n) is 13.3. The van der Waals surface area contributed by atoms with E-state index in [0.29, 0.717) is 18.5 Å². The molecule has 0 radical (unpaired) electrons. The van der Waals surface area contributed by atoms with Crippen molar-refractivity contribution in [1.82, 2.24) is 10.2 Å². The second kappa shape index (κ2) is 12.9. The van der Waals surface area contributed by atoms with Crippen molar-refractivity contribution in [3.63, 3.8) is 0 Å². The summed E-state index contributed by atoms with van der Waals surface area (Å²) >= 11 is 0. The van der Waals surface area contributed by atoms with Gasteiger partial charge in [0, 0.05) is 12.1 Å². The van der Waals surface area contributed by atoms with Crippen LogP contribution in [-0.2, 0) is 32.6 Å². The highest BCUT2D eigenvalue weighted by atomic mass is 32.2. The first-order valence-corrected chi connectivity index (χ1v) is 14.7. The molecular formula is C31H39N3O4S. The third-order valence-corrected chi connectivity index (χ3v) is 8.11. The highest BCUT2D eigenvalue weighted by molar-refractivity contribution is 7.92. The van der Waals surface area contributed by atoms with Gasteiger partial charge in [0.15, 0.2) is 0 Å². The molecule has 0 spiro atoms. The number of aryl methyl sites for hydroxylation is 1. The summed E-state index contributed by atoms with van der Waals surface area (Å²) in [5.74, 6) is -0.735. The summed E-state index contributed by atoms with van der Waals surface area (Å²) in [5.41, 5.74) is 1.61. The van der Waals surface area contributed by atoms with E-state index < -0.39 is 34.1 Å². The lowest BCUT2D eigenvalue weighted by atomic mass is 10.1. The van der Waals surface area contributed by atoms with Crippen LogP contribution in [0, 0.1) is 0 Å². The zero-order chi connectivity index (χ0) is 28.6. The van der Waals surface area contributed by atoms with E-state index in [2.05, 4.69) is 5.32 Å². The van der Waals surface area contributed by atoms with Gasteiger partial charge in [-0.1, -0.05) is 80.6 Å². The molecule has 0 aliphatic rings. The van der Waals surface area contributed by atoms with Crippen molar-refractivity contribution < 1.29 is 18.0 Å². The van der Waals surface area contributed by atoms with Crippen molar-refractivity contribution >= 4 is 27.5 Å². The van der Waals surface area contributed by atoms with Gasteiger partial charge in [-0.25, -0.2) is 8.42 Å². The predicted molar refractivity (Wildman–Crippen MR) is 156 cm³/mol. The van der Waals surface area contributed by atoms with Crippen LogP contribution in [0.4, 0.5) is 5.69 Å². The largest absolute Gasteiger partial charge is 0.350 e. The molecule has 0 aliphatic heterocycles. The van der Waals surface area contributed by atoms with Crippen LogP contribution in [-0.4, -0.2) is 43.3 Å². The van der Waals surface area contributed by atoms with Crippen molar-refractivity contribution in [3.05, 3.63) is 96.1 Å². The Morgan fingerprint density at radius 1 is 0.846 bits per heavy atom. The van der Waals surface area contributed by atoms with Gasteiger partial charge in [0.1, 0.15) is 12.6 Å². The molecule has 7 nitrogen and oxygen atoms in total. The smallest absolute Gasteiger partial charge is 0.264 e. The Hall–Kier alpha value is -3.65. The number of hydrogen-bond donors (Lipinski definition) is 1. The molecule has 3 aromatic carbocycles. The number of sulfonamides is 1. The fourth-order valence-electron chi connectivity index (χ4n) is 4.44. The SMILES string of the molecule is CCc1ccccc1N(CC(=O)N(Cc1ccccc1)[C@@H](CC)C(=O)NC(C)(C)C)S(=O)(=O)c1ccccc1. The van der Waals surface area contributed by atoms with Crippen LogP contribution >= 0.6 is 0 Å². The van der Waals surface area contributed by atoms with E-state index >= 15 is 0 Å². The number of carbonyl (C=O) groups excluding carboxylic acids is 2. The molecule has 0 heterocycles. The lowest BCUT2D eigenvalue weighted by molar-refractivity contribution is -0.141. The molecule has 3 aromatic rings. The average Bonchev–Trinajstić information content (AvgIpc) is 2.91. The van der Waals surface area contributed by atoms with Crippen LogP contribution in [0.15, 0.2) is 89.8 Å². The van der Waals surface area contributed by atoms with E-state index in [1.54, 1.807) is 30.3 Å². The normalized spacial score (nSPS) is 12.4. The summed E-state index contributed by atoms with van der Waals surface area (Å²) in [5, 5.41) is 2.99. The molecule has 0 saturated heterocycles. The molecule has 2 amide bonds. The number of amides is 2. The van der Waals surface area contributed by atoms with Crippen molar-refractivity contribution in [1.29, 1.82) is 0 Å². The number of benzene rings is 3. The number of carbonyl (C=O) groups is 2. The summed E-state index contributed by atoms with van der Waals surface area (Å²) < 4.78 is 29.1. The number of hydrogen-bond acceptors (Lipinski definition) is 4. The van der Waals surface area contributed by atoms with E-state index in [4.69, 9.17) is 0 Å². The zero-order valence-electron chi connectivity index (χ0n) is 23.4. The maximum Gasteiger partial charge on any atom is 0.264 e. The first kappa shape index (κ1) is 29.9. The lowest BCUT2D eigenvalue weighted by Gasteiger charge is -2.35. The minimum Gasteiger partial charge on any atom is -0.350 e. The summed E-state index contributed by atoms with van der Waals surface area (Å²) in [4.78, 5) is 29.1. The average molecular weight is 550 g/mol. The zero-order valence-corrected chi connectivity index (χ0v) is 24.2. The van der Waals surface area contributed by atoms with Gasteiger partial charge in [-0.3, -0.25) is 13.9 Å². The molecule has 0 saturated carbocycles. The topological polar surface area (TPSA) is 86.8 Å². The number of para-hydroxylation sites is 1. The van der Waals surface area contributed by atoms with Crippen molar-refractivity contribution in [2.75, 3.05) is 10.8 Å². The first-order chi connectivity index (χ1) is 18.5. The summed E-state index contributed by atoms with van der Waals surface area (Å²) in [6.07, 6.45) is 0.960. The van der Waals surface area contributed by atoms with Crippen LogP contribution in [0.5, 0.6) is 0 Å². The maximum atomic E-state index is 14.1. The molecule has 3 rings (SSSR count). The molecule has 1 atom stereocenters. The highest BCUT2D eigenvalue weighted by Crippen LogP contribution is 2.28. The Labute approximate surface area is 232 Å². The van der Waals surface area contributed by atoms with E-state index in [1.165, 1.54) is 21.3 Å². The highest BCUT2D eigenvalue weighted by Gasteiger charge is 2.35. The molecule has 0 fully saturated rings. The molecule has 39 heavy (non-hydrogen) atoms. The molecular weight excluding hydrogens is 510 g/mol. The second-order valence-electron chi connectivity index (χ2n) is 10.5. The van der Waals surface area contributed by atoms with Crippen LogP contribution in [0.25, 0.3) is 0 Å². The number of anilines is 1. The van der Waals surface area contributed by atoms with Gasteiger partial charge in [-0.15, -0.1) is 0 Å². The Morgan fingerprint density at radius 3 is 1.97 bits per heavy atom. The lowest BCUT2D eigenvalue weighted by Crippen LogP contribution is -2.55. The Balaban J connectivity index is 2.08. The molecule has 0 unspecified atom stereocenters. The van der Waals surface area contributed by atoms with Crippen LogP contribution in [0.3, 0.4) is 0 Å². The van der Waals surface area contributed by atoms with Gasteiger partial charge in [0.05, 0.1) is 10.6 Å². The minimum atomic E-state index is -4.08. The van der Waals surface area contributed by atoms with Gasteiger partial charge in [0.2, 0.25) is 11.8 Å². The Kier molecular flexibility index (Phi) is 9.92. The van der Waals surface area contributed by atoms with Crippen LogP contribution in [0.1, 0.15) is 52.2 Å². The molecule has 8 heteroatoms. The Morgan fingerprint density at radius 2 is 1.41 bits per heavy atom. The summed E-state index contributed by atoms with van der Waals surface area (Å²) in [6.45, 7) is 9.18. The minimum absolute atomic E-state index is 0.0934. The third kappa shape index (κ3) is 7.69. The molecule has 0 aliphatic carbocycles. The predicted octanol–water partition coefficient (Wildman–Crippen LogP) is 5.17. The fraction of sp³-hybridized carbons (Fsp3) is 0.355. The number of nitrogens with one attached hydrogen (secondary N) is 1. The van der Waals surface area contributed by atoms with Gasteiger partial charge in [0.25, 0.3) is 10.0 Å². The quantitative estimate of drug-likeness (QED) is 0.358. The Bertz CT molecular complexity index is 1350. The van der Waals surface area contributed by atoms with Gasteiger partial charge in [-0.2, -0.15) is 0 Å². The van der Waals surface area contributed by atoms with E-state index in [0.717, 1.165) is 11.1 Å². The molecule has 0 bridgehead atoms. The van der Waals surface area contributed by atoms with Crippen LogP contribution in [0.2, 0.25) is 0 Å². The van der Waals surface area contributed by atoms with Crippen LogP contribution < -0.4 is 9.62 Å². The maximum absolute atomic E-state index is 14.1. The number of nitrogens with zero attached hydrogens (tertiary/aromatic N) is 2. The third-order valence-electron chi connectivity index (χ3n) is 6.33. The van der Waals surface area contributed by atoms with Crippen molar-refractivity contribution in [2.45, 2.75) is 70.5 Å². The van der Waals surface area contributed by atoms with Gasteiger partial charge < -0.3 is 10.2 Å². The summed E-state index contributed by atoms with van der Waals surface area (Å²) in [6, 6.07) is 23.9. The summed E-state index contributed by atoms with van der Waals surface area (Å²) in [7, 11) is -4.08. The fourth-order valence-corrected chi connectivity index (χ4v) is 5.91. The van der Waals surface area contributed by atoms with E-state index in [9.17, 15) is 18.0 Å². The molecule has 0 aromatic heterocycles. The standard InChI is InChI=1S/C31H39N3O4S/c1-6-25-18-14-15-21-28(25)34(39(37,38)26-19-12-9-13-20-26)23-29(35)33(22-24-16-10-8-11-17-24)27(7-2)30(36)32-31(3,4)5/h8-21,27H,6-7,22-23H2,1-5H3,(H,32,36)/t27-/m0/s1. The van der Waals surface area contributed by atoms with Crippen molar-refractivity contribution in [2.24, 2.45) is 0 Å². The van der Waals surface area contributed by atoms with Gasteiger partial charge in [-0.05, 0) is 62.9 Å². The second-order valence-corrected chi connectivity index (χ2v) is 12.3. The van der Waals surface area contributed by atoms with Crippen molar-refractivity contribution in [3.8, 4) is 0 Å². The molecule has 1 N–H and O–H groups in total. The monoisotopic (exact) mass is 549 g/mol. The molecule has 208 valence electrons.